The first-order valence-corrected chi connectivity index (χ1v) is 8.26. The number of nitrogens with one attached hydrogen (secondary N) is 5. The van der Waals surface area contributed by atoms with Crippen molar-refractivity contribution >= 4 is 39.5 Å². The molecule has 0 aliphatic carbocycles. The third kappa shape index (κ3) is 5.64. The van der Waals surface area contributed by atoms with Gasteiger partial charge in [0.15, 0.2) is 0 Å². The molecule has 0 aliphatic heterocycles. The van der Waals surface area contributed by atoms with Crippen molar-refractivity contribution in [3.05, 3.63) is 52.3 Å². The van der Waals surface area contributed by atoms with Crippen LogP contribution in [0.2, 0.25) is 0 Å². The van der Waals surface area contributed by atoms with Gasteiger partial charge in [-0.1, -0.05) is 0 Å². The Morgan fingerprint density at radius 2 is 1.68 bits per heavy atom. The molecule has 0 aliphatic rings. The monoisotopic (exact) mass is 407 g/mol. The van der Waals surface area contributed by atoms with E-state index in [9.17, 15) is 14.4 Å². The van der Waals surface area contributed by atoms with E-state index in [1.54, 1.807) is 24.4 Å². The zero-order chi connectivity index (χ0) is 18.4. The van der Waals surface area contributed by atoms with Gasteiger partial charge in [-0.05, 0) is 60.1 Å². The van der Waals surface area contributed by atoms with Gasteiger partial charge in [-0.15, -0.1) is 0 Å². The number of aromatic nitrogens is 1. The summed E-state index contributed by atoms with van der Waals surface area (Å²) in [5.74, 6) is -0.945. The molecule has 9 heteroatoms. The predicted molar refractivity (Wildman–Crippen MR) is 97.2 cm³/mol. The van der Waals surface area contributed by atoms with Gasteiger partial charge in [0, 0.05) is 28.0 Å². The summed E-state index contributed by atoms with van der Waals surface area (Å²) < 4.78 is 0.730. The maximum atomic E-state index is 12.0. The van der Waals surface area contributed by atoms with Gasteiger partial charge in [0.25, 0.3) is 11.8 Å². The lowest BCUT2D eigenvalue weighted by atomic mass is 10.2. The Morgan fingerprint density at radius 1 is 1.04 bits per heavy atom. The van der Waals surface area contributed by atoms with Crippen LogP contribution in [-0.4, -0.2) is 28.9 Å². The number of hydrogen-bond donors (Lipinski definition) is 5. The maximum absolute atomic E-state index is 12.0. The van der Waals surface area contributed by atoms with Crippen LogP contribution in [0.3, 0.4) is 0 Å². The van der Waals surface area contributed by atoms with E-state index in [1.807, 2.05) is 13.8 Å². The molecule has 0 bridgehead atoms. The fraction of sp³-hybridized carbons (Fsp3) is 0.188. The van der Waals surface area contributed by atoms with Gasteiger partial charge < -0.3 is 15.6 Å². The molecular formula is C16H18BrN5O3. The summed E-state index contributed by atoms with van der Waals surface area (Å²) in [6.45, 7) is 3.71. The number of urea groups is 1. The second-order valence-electron chi connectivity index (χ2n) is 5.47. The minimum Gasteiger partial charge on any atom is -0.356 e. The normalized spacial score (nSPS) is 10.2. The second-order valence-corrected chi connectivity index (χ2v) is 6.39. The van der Waals surface area contributed by atoms with Crippen molar-refractivity contribution in [3.8, 4) is 0 Å². The molecule has 0 spiro atoms. The number of carbonyl (C=O) groups excluding carboxylic acids is 3. The molecule has 2 aromatic rings. The number of anilines is 1. The van der Waals surface area contributed by atoms with Gasteiger partial charge >= 0.3 is 6.03 Å². The quantitative estimate of drug-likeness (QED) is 0.501. The van der Waals surface area contributed by atoms with E-state index in [2.05, 4.69) is 42.4 Å². The molecule has 5 N–H and O–H groups in total. The van der Waals surface area contributed by atoms with E-state index < -0.39 is 11.8 Å². The first-order valence-electron chi connectivity index (χ1n) is 7.47. The third-order valence-electron chi connectivity index (χ3n) is 3.01. The number of halogens is 1. The summed E-state index contributed by atoms with van der Waals surface area (Å²) in [6.07, 6.45) is 1.61. The molecule has 4 amide bonds. The number of hydrazine groups is 1. The molecule has 8 nitrogen and oxygen atoms in total. The molecule has 0 unspecified atom stereocenters. The lowest BCUT2D eigenvalue weighted by Crippen LogP contribution is -2.41. The first-order chi connectivity index (χ1) is 11.8. The molecule has 0 saturated heterocycles. The van der Waals surface area contributed by atoms with Crippen molar-refractivity contribution in [1.82, 2.24) is 21.2 Å². The van der Waals surface area contributed by atoms with Crippen molar-refractivity contribution in [2.45, 2.75) is 19.9 Å². The highest BCUT2D eigenvalue weighted by Crippen LogP contribution is 2.11. The van der Waals surface area contributed by atoms with Crippen LogP contribution in [0.1, 0.15) is 34.7 Å². The summed E-state index contributed by atoms with van der Waals surface area (Å²) in [7, 11) is 0. The van der Waals surface area contributed by atoms with Crippen LogP contribution in [0.4, 0.5) is 10.5 Å². The van der Waals surface area contributed by atoms with E-state index >= 15 is 0 Å². The van der Waals surface area contributed by atoms with Crippen molar-refractivity contribution < 1.29 is 14.4 Å². The summed E-state index contributed by atoms with van der Waals surface area (Å²) in [4.78, 5) is 38.2. The van der Waals surface area contributed by atoms with Gasteiger partial charge in [0.1, 0.15) is 5.69 Å². The SMILES string of the molecule is CC(C)NC(=O)Nc1ccc(C(=O)NNC(=O)c2cc(Br)c[nH]2)cc1. The van der Waals surface area contributed by atoms with E-state index in [-0.39, 0.29) is 12.1 Å². The summed E-state index contributed by atoms with van der Waals surface area (Å²) in [5, 5.41) is 5.35. The fourth-order valence-electron chi connectivity index (χ4n) is 1.89. The molecule has 0 saturated carbocycles. The van der Waals surface area contributed by atoms with E-state index in [1.165, 1.54) is 12.1 Å². The number of hydrogen-bond acceptors (Lipinski definition) is 3. The highest BCUT2D eigenvalue weighted by atomic mass is 79.9. The third-order valence-corrected chi connectivity index (χ3v) is 3.46. The van der Waals surface area contributed by atoms with Gasteiger partial charge in [-0.25, -0.2) is 4.79 Å². The minimum atomic E-state index is -0.475. The molecule has 2 rings (SSSR count). The van der Waals surface area contributed by atoms with Crippen molar-refractivity contribution in [1.29, 1.82) is 0 Å². The summed E-state index contributed by atoms with van der Waals surface area (Å²) in [5.41, 5.74) is 5.82. The van der Waals surface area contributed by atoms with E-state index in [0.717, 1.165) is 4.47 Å². The topological polar surface area (TPSA) is 115 Å². The second kappa shape index (κ2) is 8.34. The fourth-order valence-corrected chi connectivity index (χ4v) is 2.23. The van der Waals surface area contributed by atoms with Crippen molar-refractivity contribution in [3.63, 3.8) is 0 Å². The maximum Gasteiger partial charge on any atom is 0.319 e. The summed E-state index contributed by atoms with van der Waals surface area (Å²) in [6, 6.07) is 7.56. The van der Waals surface area contributed by atoms with Gasteiger partial charge in [-0.2, -0.15) is 0 Å². The number of H-pyrrole nitrogens is 1. The number of carbonyl (C=O) groups is 3. The Morgan fingerprint density at radius 3 is 2.24 bits per heavy atom. The Hall–Kier alpha value is -2.81. The van der Waals surface area contributed by atoms with Crippen LogP contribution < -0.4 is 21.5 Å². The molecule has 25 heavy (non-hydrogen) atoms. The van der Waals surface area contributed by atoms with Gasteiger partial charge in [0.05, 0.1) is 0 Å². The lowest BCUT2D eigenvalue weighted by Gasteiger charge is -2.10. The summed E-state index contributed by atoms with van der Waals surface area (Å²) >= 11 is 3.22. The smallest absolute Gasteiger partial charge is 0.319 e. The lowest BCUT2D eigenvalue weighted by molar-refractivity contribution is 0.0844. The van der Waals surface area contributed by atoms with E-state index in [0.29, 0.717) is 16.9 Å². The van der Waals surface area contributed by atoms with Crippen LogP contribution in [0.15, 0.2) is 41.0 Å². The average Bonchev–Trinajstić information content (AvgIpc) is 2.98. The molecule has 1 heterocycles. The predicted octanol–water partition coefficient (Wildman–Crippen LogP) is 2.38. The van der Waals surface area contributed by atoms with Crippen LogP contribution in [0, 0.1) is 0 Å². The zero-order valence-electron chi connectivity index (χ0n) is 13.6. The number of amides is 4. The molecule has 1 aromatic carbocycles. The molecule has 0 radical (unpaired) electrons. The largest absolute Gasteiger partial charge is 0.356 e. The molecule has 0 fully saturated rings. The Labute approximate surface area is 152 Å². The van der Waals surface area contributed by atoms with Crippen LogP contribution in [0.5, 0.6) is 0 Å². The highest BCUT2D eigenvalue weighted by Gasteiger charge is 2.11. The molecule has 0 atom stereocenters. The number of rotatable bonds is 4. The standard InChI is InChI=1S/C16H18BrN5O3/c1-9(2)19-16(25)20-12-5-3-10(4-6-12)14(23)21-22-15(24)13-7-11(17)8-18-13/h3-9,18H,1-2H3,(H,21,23)(H,22,24)(H2,19,20,25). The van der Waals surface area contributed by atoms with Crippen LogP contribution in [0.25, 0.3) is 0 Å². The van der Waals surface area contributed by atoms with Gasteiger partial charge in [-0.3, -0.25) is 20.4 Å². The first kappa shape index (κ1) is 18.5. The zero-order valence-corrected chi connectivity index (χ0v) is 15.2. The van der Waals surface area contributed by atoms with Crippen molar-refractivity contribution in [2.24, 2.45) is 0 Å². The average molecular weight is 408 g/mol. The number of aromatic amines is 1. The van der Waals surface area contributed by atoms with Crippen LogP contribution in [-0.2, 0) is 0 Å². The molecule has 132 valence electrons. The minimum absolute atomic E-state index is 0.0222. The number of benzene rings is 1. The highest BCUT2D eigenvalue weighted by molar-refractivity contribution is 9.10. The van der Waals surface area contributed by atoms with Crippen molar-refractivity contribution in [2.75, 3.05) is 5.32 Å². The van der Waals surface area contributed by atoms with Gasteiger partial charge in [0.2, 0.25) is 0 Å². The Kier molecular flexibility index (Phi) is 6.18. The Balaban J connectivity index is 1.87. The Bertz CT molecular complexity index is 770. The van der Waals surface area contributed by atoms with Crippen LogP contribution >= 0.6 is 15.9 Å². The molecule has 1 aromatic heterocycles. The van der Waals surface area contributed by atoms with E-state index in [4.69, 9.17) is 0 Å². The molecular weight excluding hydrogens is 390 g/mol.